The lowest BCUT2D eigenvalue weighted by atomic mass is 10.1. The maximum atomic E-state index is 10.5. The van der Waals surface area contributed by atoms with Crippen molar-refractivity contribution in [1.82, 2.24) is 0 Å². The van der Waals surface area contributed by atoms with Gasteiger partial charge in [0, 0.05) is 19.2 Å². The standard InChI is InChI=1S/C16H20N2O2/c1-4-18(11-12(2)3)15-7-5-13(6-8-16(19)20)9-14(15)10-17/h5-9,12H,4,11H2,1-3H3,(H,19,20)/b8-6+. The van der Waals surface area contributed by atoms with E-state index in [0.29, 0.717) is 17.0 Å². The molecule has 0 atom stereocenters. The lowest BCUT2D eigenvalue weighted by Gasteiger charge is -2.26. The molecular formula is C16H20N2O2. The van der Waals surface area contributed by atoms with E-state index in [1.165, 1.54) is 6.08 Å². The summed E-state index contributed by atoms with van der Waals surface area (Å²) in [6.45, 7) is 8.05. The molecule has 0 aromatic heterocycles. The van der Waals surface area contributed by atoms with Crippen molar-refractivity contribution in [2.45, 2.75) is 20.8 Å². The number of rotatable bonds is 6. The summed E-state index contributed by atoms with van der Waals surface area (Å²) in [5.41, 5.74) is 2.18. The molecule has 1 aromatic rings. The Morgan fingerprint density at radius 3 is 2.70 bits per heavy atom. The Balaban J connectivity index is 3.10. The van der Waals surface area contributed by atoms with Gasteiger partial charge in [0.2, 0.25) is 0 Å². The molecule has 0 saturated carbocycles. The number of carboxylic acids is 1. The number of aliphatic carboxylic acids is 1. The Morgan fingerprint density at radius 1 is 1.50 bits per heavy atom. The molecule has 0 spiro atoms. The van der Waals surface area contributed by atoms with Gasteiger partial charge in [-0.05, 0) is 36.6 Å². The van der Waals surface area contributed by atoms with Crippen LogP contribution < -0.4 is 4.90 Å². The van der Waals surface area contributed by atoms with Crippen molar-refractivity contribution in [3.63, 3.8) is 0 Å². The summed E-state index contributed by atoms with van der Waals surface area (Å²) in [4.78, 5) is 12.7. The average molecular weight is 272 g/mol. The van der Waals surface area contributed by atoms with Gasteiger partial charge in [0.1, 0.15) is 6.07 Å². The first-order chi connectivity index (χ1) is 9.47. The topological polar surface area (TPSA) is 64.3 Å². The van der Waals surface area contributed by atoms with Crippen LogP contribution in [-0.4, -0.2) is 24.2 Å². The fourth-order valence-corrected chi connectivity index (χ4v) is 2.03. The molecule has 0 radical (unpaired) electrons. The molecule has 4 nitrogen and oxygen atoms in total. The van der Waals surface area contributed by atoms with Crippen molar-refractivity contribution in [3.05, 3.63) is 35.4 Å². The number of nitrogens with zero attached hydrogens (tertiary/aromatic N) is 2. The van der Waals surface area contributed by atoms with E-state index in [4.69, 9.17) is 5.11 Å². The predicted molar refractivity (Wildman–Crippen MR) is 80.6 cm³/mol. The molecule has 0 aliphatic carbocycles. The zero-order valence-corrected chi connectivity index (χ0v) is 12.1. The molecule has 106 valence electrons. The van der Waals surface area contributed by atoms with E-state index in [-0.39, 0.29) is 0 Å². The molecule has 0 aliphatic heterocycles. The first kappa shape index (κ1) is 15.8. The van der Waals surface area contributed by atoms with Crippen LogP contribution in [0.2, 0.25) is 0 Å². The van der Waals surface area contributed by atoms with Gasteiger partial charge in [-0.3, -0.25) is 0 Å². The minimum absolute atomic E-state index is 0.507. The predicted octanol–water partition coefficient (Wildman–Crippen LogP) is 3.14. The van der Waals surface area contributed by atoms with Gasteiger partial charge in [-0.2, -0.15) is 5.26 Å². The number of carbonyl (C=O) groups is 1. The Labute approximate surface area is 119 Å². The normalized spacial score (nSPS) is 10.8. The lowest BCUT2D eigenvalue weighted by Crippen LogP contribution is -2.27. The SMILES string of the molecule is CCN(CC(C)C)c1ccc(/C=C/C(=O)O)cc1C#N. The van der Waals surface area contributed by atoms with Gasteiger partial charge in [0.25, 0.3) is 0 Å². The average Bonchev–Trinajstić information content (AvgIpc) is 2.42. The zero-order valence-electron chi connectivity index (χ0n) is 12.1. The second-order valence-corrected chi connectivity index (χ2v) is 4.99. The summed E-state index contributed by atoms with van der Waals surface area (Å²) < 4.78 is 0. The third kappa shape index (κ3) is 4.43. The molecule has 0 bridgehead atoms. The molecule has 0 heterocycles. The summed E-state index contributed by atoms with van der Waals surface area (Å²) in [7, 11) is 0. The van der Waals surface area contributed by atoms with E-state index in [0.717, 1.165) is 24.9 Å². The largest absolute Gasteiger partial charge is 0.478 e. The van der Waals surface area contributed by atoms with Gasteiger partial charge in [-0.1, -0.05) is 19.9 Å². The van der Waals surface area contributed by atoms with Crippen LogP contribution in [0.15, 0.2) is 24.3 Å². The highest BCUT2D eigenvalue weighted by molar-refractivity contribution is 5.85. The molecule has 20 heavy (non-hydrogen) atoms. The molecule has 4 heteroatoms. The van der Waals surface area contributed by atoms with Crippen LogP contribution in [0.4, 0.5) is 5.69 Å². The van der Waals surface area contributed by atoms with Crippen LogP contribution >= 0.6 is 0 Å². The van der Waals surface area contributed by atoms with Gasteiger partial charge in [-0.25, -0.2) is 4.79 Å². The minimum atomic E-state index is -0.998. The van der Waals surface area contributed by atoms with Crippen molar-refractivity contribution in [1.29, 1.82) is 5.26 Å². The number of nitriles is 1. The number of benzene rings is 1. The summed E-state index contributed by atoms with van der Waals surface area (Å²) in [5.74, 6) is -0.490. The van der Waals surface area contributed by atoms with Crippen LogP contribution in [0, 0.1) is 17.2 Å². The van der Waals surface area contributed by atoms with Gasteiger partial charge >= 0.3 is 5.97 Å². The van der Waals surface area contributed by atoms with E-state index in [1.807, 2.05) is 12.1 Å². The molecule has 0 saturated heterocycles. The highest BCUT2D eigenvalue weighted by atomic mass is 16.4. The molecule has 0 fully saturated rings. The van der Waals surface area contributed by atoms with E-state index < -0.39 is 5.97 Å². The Morgan fingerprint density at radius 2 is 2.20 bits per heavy atom. The fraction of sp³-hybridized carbons (Fsp3) is 0.375. The maximum Gasteiger partial charge on any atom is 0.328 e. The fourth-order valence-electron chi connectivity index (χ4n) is 2.03. The quantitative estimate of drug-likeness (QED) is 0.808. The smallest absolute Gasteiger partial charge is 0.328 e. The molecule has 1 rings (SSSR count). The summed E-state index contributed by atoms with van der Waals surface area (Å²) in [6, 6.07) is 7.62. The van der Waals surface area contributed by atoms with Crippen molar-refractivity contribution >= 4 is 17.7 Å². The first-order valence-corrected chi connectivity index (χ1v) is 6.68. The number of hydrogen-bond donors (Lipinski definition) is 1. The molecule has 1 N–H and O–H groups in total. The zero-order chi connectivity index (χ0) is 15.1. The molecular weight excluding hydrogens is 252 g/mol. The molecule has 1 aromatic carbocycles. The second kappa shape index (κ2) is 7.34. The van der Waals surface area contributed by atoms with Crippen molar-refractivity contribution < 1.29 is 9.90 Å². The molecule has 0 unspecified atom stereocenters. The lowest BCUT2D eigenvalue weighted by molar-refractivity contribution is -0.131. The number of hydrogen-bond acceptors (Lipinski definition) is 3. The van der Waals surface area contributed by atoms with E-state index in [2.05, 4.69) is 31.7 Å². The van der Waals surface area contributed by atoms with Gasteiger partial charge < -0.3 is 10.0 Å². The van der Waals surface area contributed by atoms with Gasteiger partial charge in [0.05, 0.1) is 11.3 Å². The maximum absolute atomic E-state index is 10.5. The first-order valence-electron chi connectivity index (χ1n) is 6.68. The van der Waals surface area contributed by atoms with Crippen molar-refractivity contribution in [3.8, 4) is 6.07 Å². The van der Waals surface area contributed by atoms with E-state index in [9.17, 15) is 10.1 Å². The highest BCUT2D eigenvalue weighted by Crippen LogP contribution is 2.23. The van der Waals surface area contributed by atoms with Crippen LogP contribution in [0.1, 0.15) is 31.9 Å². The summed E-state index contributed by atoms with van der Waals surface area (Å²) in [5, 5.41) is 17.9. The number of anilines is 1. The molecule has 0 aliphatic rings. The summed E-state index contributed by atoms with van der Waals surface area (Å²) >= 11 is 0. The second-order valence-electron chi connectivity index (χ2n) is 4.99. The minimum Gasteiger partial charge on any atom is -0.478 e. The summed E-state index contributed by atoms with van der Waals surface area (Å²) in [6.07, 6.45) is 2.56. The van der Waals surface area contributed by atoms with Crippen LogP contribution in [0.25, 0.3) is 6.08 Å². The molecule has 0 amide bonds. The van der Waals surface area contributed by atoms with Crippen LogP contribution in [0.3, 0.4) is 0 Å². The number of carboxylic acid groups (broad SMARTS) is 1. The van der Waals surface area contributed by atoms with Gasteiger partial charge in [-0.15, -0.1) is 0 Å². The highest BCUT2D eigenvalue weighted by Gasteiger charge is 2.11. The Kier molecular flexibility index (Phi) is 5.79. The van der Waals surface area contributed by atoms with Crippen molar-refractivity contribution in [2.24, 2.45) is 5.92 Å². The Hall–Kier alpha value is -2.28. The third-order valence-corrected chi connectivity index (χ3v) is 2.87. The monoisotopic (exact) mass is 272 g/mol. The van der Waals surface area contributed by atoms with Crippen molar-refractivity contribution in [2.75, 3.05) is 18.0 Å². The van der Waals surface area contributed by atoms with E-state index >= 15 is 0 Å². The third-order valence-electron chi connectivity index (χ3n) is 2.87. The van der Waals surface area contributed by atoms with Gasteiger partial charge in [0.15, 0.2) is 0 Å². The van der Waals surface area contributed by atoms with Crippen LogP contribution in [0.5, 0.6) is 0 Å². The van der Waals surface area contributed by atoms with E-state index in [1.54, 1.807) is 6.07 Å². The van der Waals surface area contributed by atoms with Crippen LogP contribution in [-0.2, 0) is 4.79 Å². The Bertz CT molecular complexity index is 542.